The molecule has 2 N–H and O–H groups in total. The molecule has 0 aliphatic heterocycles. The smallest absolute Gasteiger partial charge is 0.0564 e. The van der Waals surface area contributed by atoms with E-state index < -0.39 is 0 Å². The second-order valence-corrected chi connectivity index (χ2v) is 6.85. The molecule has 2 nitrogen and oxygen atoms in total. The Morgan fingerprint density at radius 2 is 2.21 bits per heavy atom. The largest absolute Gasteiger partial charge is 0.395 e. The zero-order valence-corrected chi connectivity index (χ0v) is 13.0. The first-order chi connectivity index (χ1) is 9.13. The fourth-order valence-corrected chi connectivity index (χ4v) is 3.54. The topological polar surface area (TPSA) is 32.3 Å². The molecule has 1 fully saturated rings. The van der Waals surface area contributed by atoms with E-state index in [1.54, 1.807) is 11.8 Å². The summed E-state index contributed by atoms with van der Waals surface area (Å²) in [7, 11) is 0. The lowest BCUT2D eigenvalue weighted by atomic mass is 9.75. The van der Waals surface area contributed by atoms with Crippen molar-refractivity contribution in [1.82, 2.24) is 5.32 Å². The molecule has 1 aromatic rings. The van der Waals surface area contributed by atoms with Gasteiger partial charge in [-0.25, -0.2) is 0 Å². The highest BCUT2D eigenvalue weighted by Gasteiger charge is 2.32. The first-order valence-electron chi connectivity index (χ1n) is 6.79. The minimum atomic E-state index is 0.236. The van der Waals surface area contributed by atoms with Crippen molar-refractivity contribution >= 4 is 23.4 Å². The third kappa shape index (κ3) is 3.88. The van der Waals surface area contributed by atoms with Gasteiger partial charge in [0.25, 0.3) is 0 Å². The molecule has 2 rings (SSSR count). The molecule has 1 aromatic carbocycles. The van der Waals surface area contributed by atoms with Gasteiger partial charge < -0.3 is 10.4 Å². The Morgan fingerprint density at radius 1 is 1.47 bits per heavy atom. The molecule has 0 heterocycles. The Balaban J connectivity index is 1.80. The van der Waals surface area contributed by atoms with Crippen LogP contribution in [0.2, 0.25) is 5.02 Å². The average Bonchev–Trinajstić information content (AvgIpc) is 2.34. The van der Waals surface area contributed by atoms with Crippen LogP contribution in [0.3, 0.4) is 0 Å². The van der Waals surface area contributed by atoms with Gasteiger partial charge in [0, 0.05) is 22.4 Å². The van der Waals surface area contributed by atoms with Crippen molar-refractivity contribution in [2.75, 3.05) is 12.9 Å². The van der Waals surface area contributed by atoms with Gasteiger partial charge in [0.1, 0.15) is 0 Å². The van der Waals surface area contributed by atoms with Crippen molar-refractivity contribution in [2.24, 2.45) is 0 Å². The molecule has 1 aliphatic carbocycles. The summed E-state index contributed by atoms with van der Waals surface area (Å²) in [5.74, 6) is 0.630. The van der Waals surface area contributed by atoms with Crippen molar-refractivity contribution in [3.8, 4) is 0 Å². The van der Waals surface area contributed by atoms with Gasteiger partial charge in [0.05, 0.1) is 6.61 Å². The summed E-state index contributed by atoms with van der Waals surface area (Å²) in [5.41, 5.74) is 1.35. The highest BCUT2D eigenvalue weighted by Crippen LogP contribution is 2.38. The average molecular weight is 300 g/mol. The van der Waals surface area contributed by atoms with Crippen molar-refractivity contribution in [3.05, 3.63) is 34.9 Å². The van der Waals surface area contributed by atoms with Gasteiger partial charge in [0.2, 0.25) is 0 Å². The number of thioether (sulfide) groups is 1. The Kier molecular flexibility index (Phi) is 5.58. The number of nitrogens with one attached hydrogen (secondary N) is 1. The summed E-state index contributed by atoms with van der Waals surface area (Å²) >= 11 is 7.75. The summed E-state index contributed by atoms with van der Waals surface area (Å²) in [4.78, 5) is 0. The van der Waals surface area contributed by atoms with Crippen LogP contribution in [0.4, 0.5) is 0 Å². The quantitative estimate of drug-likeness (QED) is 0.845. The SMILES string of the molecule is CSC(CO)C(C)NC1CC(c2cccc(Cl)c2)C1. The predicted molar refractivity (Wildman–Crippen MR) is 84.2 cm³/mol. The van der Waals surface area contributed by atoms with Gasteiger partial charge in [-0.05, 0) is 49.6 Å². The molecule has 0 saturated heterocycles. The van der Waals surface area contributed by atoms with Gasteiger partial charge in [-0.15, -0.1) is 0 Å². The molecule has 1 aliphatic rings. The van der Waals surface area contributed by atoms with Crippen LogP contribution < -0.4 is 5.32 Å². The number of rotatable bonds is 6. The first-order valence-corrected chi connectivity index (χ1v) is 8.45. The summed E-state index contributed by atoms with van der Waals surface area (Å²) in [5, 5.41) is 14.0. The van der Waals surface area contributed by atoms with E-state index in [0.29, 0.717) is 18.0 Å². The molecule has 0 aromatic heterocycles. The van der Waals surface area contributed by atoms with Crippen LogP contribution in [0.5, 0.6) is 0 Å². The van der Waals surface area contributed by atoms with Crippen molar-refractivity contribution in [1.29, 1.82) is 0 Å². The molecule has 2 unspecified atom stereocenters. The van der Waals surface area contributed by atoms with Crippen molar-refractivity contribution in [3.63, 3.8) is 0 Å². The molecule has 0 bridgehead atoms. The lowest BCUT2D eigenvalue weighted by Gasteiger charge is -2.39. The van der Waals surface area contributed by atoms with E-state index >= 15 is 0 Å². The maximum atomic E-state index is 9.29. The second-order valence-electron chi connectivity index (χ2n) is 5.33. The predicted octanol–water partition coefficient (Wildman–Crippen LogP) is 3.29. The fourth-order valence-electron chi connectivity index (χ4n) is 2.70. The Bertz CT molecular complexity index is 405. The van der Waals surface area contributed by atoms with Crippen molar-refractivity contribution in [2.45, 2.75) is 43.0 Å². The van der Waals surface area contributed by atoms with Crippen LogP contribution in [0.1, 0.15) is 31.2 Å². The van der Waals surface area contributed by atoms with E-state index in [9.17, 15) is 5.11 Å². The number of benzene rings is 1. The second kappa shape index (κ2) is 6.98. The third-order valence-corrected chi connectivity index (χ3v) is 5.40. The molecule has 1 saturated carbocycles. The number of aliphatic hydroxyl groups is 1. The minimum absolute atomic E-state index is 0.236. The maximum absolute atomic E-state index is 9.29. The summed E-state index contributed by atoms with van der Waals surface area (Å²) in [6.45, 7) is 2.39. The summed E-state index contributed by atoms with van der Waals surface area (Å²) in [6.07, 6.45) is 4.38. The zero-order chi connectivity index (χ0) is 13.8. The monoisotopic (exact) mass is 299 g/mol. The molecular formula is C15H22ClNOS. The van der Waals surface area contributed by atoms with E-state index in [0.717, 1.165) is 17.9 Å². The fraction of sp³-hybridized carbons (Fsp3) is 0.600. The van der Waals surface area contributed by atoms with Gasteiger partial charge in [0.15, 0.2) is 0 Å². The van der Waals surface area contributed by atoms with Crippen LogP contribution in [-0.2, 0) is 0 Å². The molecule has 0 spiro atoms. The van der Waals surface area contributed by atoms with E-state index in [1.807, 2.05) is 12.1 Å². The van der Waals surface area contributed by atoms with E-state index in [2.05, 4.69) is 30.6 Å². The van der Waals surface area contributed by atoms with E-state index in [1.165, 1.54) is 5.56 Å². The molecule has 2 atom stereocenters. The number of hydrogen-bond donors (Lipinski definition) is 2. The molecular weight excluding hydrogens is 278 g/mol. The van der Waals surface area contributed by atoms with E-state index in [4.69, 9.17) is 11.6 Å². The Hall–Kier alpha value is -0.220. The Morgan fingerprint density at radius 3 is 2.79 bits per heavy atom. The van der Waals surface area contributed by atoms with Crippen LogP contribution in [0.15, 0.2) is 24.3 Å². The molecule has 106 valence electrons. The highest BCUT2D eigenvalue weighted by atomic mass is 35.5. The van der Waals surface area contributed by atoms with Gasteiger partial charge in [-0.1, -0.05) is 23.7 Å². The Labute approximate surface area is 124 Å². The molecule has 0 radical (unpaired) electrons. The van der Waals surface area contributed by atoms with Crippen LogP contribution in [0.25, 0.3) is 0 Å². The van der Waals surface area contributed by atoms with Gasteiger partial charge in [-0.3, -0.25) is 0 Å². The minimum Gasteiger partial charge on any atom is -0.395 e. The normalized spacial score (nSPS) is 25.7. The van der Waals surface area contributed by atoms with Crippen LogP contribution >= 0.6 is 23.4 Å². The first kappa shape index (κ1) is 15.2. The summed E-state index contributed by atoms with van der Waals surface area (Å²) in [6, 6.07) is 9.10. The van der Waals surface area contributed by atoms with Crippen molar-refractivity contribution < 1.29 is 5.11 Å². The summed E-state index contributed by atoms with van der Waals surface area (Å²) < 4.78 is 0. The highest BCUT2D eigenvalue weighted by molar-refractivity contribution is 7.99. The lowest BCUT2D eigenvalue weighted by molar-refractivity contribution is 0.235. The van der Waals surface area contributed by atoms with Gasteiger partial charge in [-0.2, -0.15) is 11.8 Å². The third-order valence-electron chi connectivity index (χ3n) is 4.00. The number of aliphatic hydroxyl groups excluding tert-OH is 1. The van der Waals surface area contributed by atoms with E-state index in [-0.39, 0.29) is 11.9 Å². The number of hydrogen-bond acceptors (Lipinski definition) is 3. The van der Waals surface area contributed by atoms with Gasteiger partial charge >= 0.3 is 0 Å². The molecule has 4 heteroatoms. The molecule has 0 amide bonds. The van der Waals surface area contributed by atoms with Crippen LogP contribution in [-0.4, -0.2) is 35.3 Å². The standard InChI is InChI=1S/C15H22ClNOS/c1-10(15(9-18)19-2)17-14-7-12(8-14)11-4-3-5-13(16)6-11/h3-6,10,12,14-15,17-18H,7-9H2,1-2H3. The zero-order valence-electron chi connectivity index (χ0n) is 11.5. The molecule has 19 heavy (non-hydrogen) atoms. The maximum Gasteiger partial charge on any atom is 0.0564 e. The lowest BCUT2D eigenvalue weighted by Crippen LogP contribution is -2.48. The van der Waals surface area contributed by atoms with Crippen LogP contribution in [0, 0.1) is 0 Å². The number of halogens is 1.